The van der Waals surface area contributed by atoms with Gasteiger partial charge in [-0.25, -0.2) is 15.0 Å². The van der Waals surface area contributed by atoms with Gasteiger partial charge in [-0.1, -0.05) is 158 Å². The normalized spacial score (nSPS) is 10.9. The number of nitrogens with zero attached hydrogens (tertiary/aromatic N) is 3. The van der Waals surface area contributed by atoms with Crippen LogP contribution < -0.4 is 0 Å². The van der Waals surface area contributed by atoms with Gasteiger partial charge in [0.25, 0.3) is 0 Å². The lowest BCUT2D eigenvalue weighted by molar-refractivity contribution is 1.07. The molecule has 0 saturated heterocycles. The predicted molar refractivity (Wildman–Crippen MR) is 172 cm³/mol. The van der Waals surface area contributed by atoms with Crippen LogP contribution >= 0.6 is 0 Å². The number of aromatic nitrogens is 3. The molecule has 198 valence electrons. The quantitative estimate of drug-likeness (QED) is 0.212. The molecule has 3 heteroatoms. The van der Waals surface area contributed by atoms with Gasteiger partial charge in [-0.2, -0.15) is 0 Å². The van der Waals surface area contributed by atoms with Crippen molar-refractivity contribution in [3.8, 4) is 67.5 Å². The summed E-state index contributed by atoms with van der Waals surface area (Å²) in [5.74, 6) is 1.94. The van der Waals surface area contributed by atoms with E-state index >= 15 is 0 Å². The van der Waals surface area contributed by atoms with Gasteiger partial charge >= 0.3 is 0 Å². The van der Waals surface area contributed by atoms with Crippen LogP contribution in [-0.4, -0.2) is 15.0 Å². The third kappa shape index (κ3) is 5.36. The van der Waals surface area contributed by atoms with Crippen molar-refractivity contribution in [2.75, 3.05) is 0 Å². The van der Waals surface area contributed by atoms with Crippen LogP contribution in [0.5, 0.6) is 0 Å². The highest BCUT2D eigenvalue weighted by Gasteiger charge is 2.14. The number of hydrogen-bond donors (Lipinski definition) is 0. The predicted octanol–water partition coefficient (Wildman–Crippen LogP) is 9.87. The Kier molecular flexibility index (Phi) is 6.89. The van der Waals surface area contributed by atoms with E-state index in [0.717, 1.165) is 38.9 Å². The van der Waals surface area contributed by atoms with Gasteiger partial charge in [-0.3, -0.25) is 0 Å². The van der Waals surface area contributed by atoms with Gasteiger partial charge in [0.15, 0.2) is 17.5 Å². The highest BCUT2D eigenvalue weighted by Crippen LogP contribution is 2.30. The van der Waals surface area contributed by atoms with Crippen molar-refractivity contribution in [1.29, 1.82) is 0 Å². The van der Waals surface area contributed by atoms with Crippen molar-refractivity contribution in [1.82, 2.24) is 15.0 Å². The van der Waals surface area contributed by atoms with Crippen LogP contribution in [0.3, 0.4) is 0 Å². The minimum atomic E-state index is 0.645. The van der Waals surface area contributed by atoms with E-state index in [-0.39, 0.29) is 0 Å². The molecule has 0 N–H and O–H groups in total. The van der Waals surface area contributed by atoms with Crippen LogP contribution in [0.4, 0.5) is 0 Å². The molecule has 0 aliphatic rings. The van der Waals surface area contributed by atoms with Crippen molar-refractivity contribution < 1.29 is 0 Å². The molecular formula is C39H27N3. The summed E-state index contributed by atoms with van der Waals surface area (Å²) in [5, 5.41) is 0. The Morgan fingerprint density at radius 3 is 0.929 bits per heavy atom. The largest absolute Gasteiger partial charge is 0.208 e. The number of hydrogen-bond acceptors (Lipinski definition) is 3. The average molecular weight is 538 g/mol. The summed E-state index contributed by atoms with van der Waals surface area (Å²) in [6.07, 6.45) is 0. The monoisotopic (exact) mass is 537 g/mol. The van der Waals surface area contributed by atoms with E-state index in [2.05, 4.69) is 146 Å². The second kappa shape index (κ2) is 11.4. The SMILES string of the molecule is c1ccc(-c2ccc(-c3nc(-c4ccc(-c5ccccc5)cc4)nc(-c4cccc(-c5ccccc5)c4)n3)cc2)cc1. The first-order valence-electron chi connectivity index (χ1n) is 14.0. The molecule has 7 aromatic rings. The molecule has 7 rings (SSSR count). The lowest BCUT2D eigenvalue weighted by Gasteiger charge is -2.11. The van der Waals surface area contributed by atoms with Gasteiger partial charge in [-0.05, 0) is 39.4 Å². The zero-order valence-corrected chi connectivity index (χ0v) is 22.9. The molecule has 1 aromatic heterocycles. The fraction of sp³-hybridized carbons (Fsp3) is 0. The first kappa shape index (κ1) is 25.3. The van der Waals surface area contributed by atoms with Crippen LogP contribution in [0.2, 0.25) is 0 Å². The minimum Gasteiger partial charge on any atom is -0.208 e. The smallest absolute Gasteiger partial charge is 0.164 e. The molecule has 0 aliphatic carbocycles. The Balaban J connectivity index is 1.32. The highest BCUT2D eigenvalue weighted by atomic mass is 15.0. The second-order valence-electron chi connectivity index (χ2n) is 10.1. The lowest BCUT2D eigenvalue weighted by Crippen LogP contribution is -2.00. The zero-order valence-electron chi connectivity index (χ0n) is 22.9. The Morgan fingerprint density at radius 1 is 0.214 bits per heavy atom. The van der Waals surface area contributed by atoms with Gasteiger partial charge in [0.2, 0.25) is 0 Å². The van der Waals surface area contributed by atoms with Gasteiger partial charge in [-0.15, -0.1) is 0 Å². The molecule has 0 fully saturated rings. The van der Waals surface area contributed by atoms with E-state index < -0.39 is 0 Å². The van der Waals surface area contributed by atoms with Crippen LogP contribution in [0.15, 0.2) is 164 Å². The van der Waals surface area contributed by atoms with E-state index in [0.29, 0.717) is 17.5 Å². The van der Waals surface area contributed by atoms with Crippen LogP contribution in [0.25, 0.3) is 67.5 Å². The fourth-order valence-corrected chi connectivity index (χ4v) is 5.12. The van der Waals surface area contributed by atoms with Gasteiger partial charge in [0, 0.05) is 16.7 Å². The van der Waals surface area contributed by atoms with Crippen molar-refractivity contribution in [2.45, 2.75) is 0 Å². The first-order valence-corrected chi connectivity index (χ1v) is 14.0. The van der Waals surface area contributed by atoms with Crippen LogP contribution in [0.1, 0.15) is 0 Å². The van der Waals surface area contributed by atoms with E-state index in [1.165, 1.54) is 11.1 Å². The van der Waals surface area contributed by atoms with Crippen molar-refractivity contribution in [3.63, 3.8) is 0 Å². The Hall–Kier alpha value is -5.67. The summed E-state index contributed by atoms with van der Waals surface area (Å²) in [5.41, 5.74) is 9.77. The van der Waals surface area contributed by atoms with Crippen molar-refractivity contribution in [3.05, 3.63) is 164 Å². The molecule has 0 bridgehead atoms. The summed E-state index contributed by atoms with van der Waals surface area (Å²) < 4.78 is 0. The molecule has 0 radical (unpaired) electrons. The van der Waals surface area contributed by atoms with E-state index in [9.17, 15) is 0 Å². The van der Waals surface area contributed by atoms with E-state index in [1.807, 2.05) is 18.2 Å². The molecular weight excluding hydrogens is 510 g/mol. The molecule has 3 nitrogen and oxygen atoms in total. The number of rotatable bonds is 6. The molecule has 6 aromatic carbocycles. The maximum absolute atomic E-state index is 4.98. The summed E-state index contributed by atoms with van der Waals surface area (Å²) >= 11 is 0. The maximum Gasteiger partial charge on any atom is 0.164 e. The zero-order chi connectivity index (χ0) is 28.1. The Labute approximate surface area is 245 Å². The van der Waals surface area contributed by atoms with Crippen LogP contribution in [0, 0.1) is 0 Å². The molecule has 42 heavy (non-hydrogen) atoms. The molecule has 0 atom stereocenters. The van der Waals surface area contributed by atoms with E-state index in [4.69, 9.17) is 15.0 Å². The molecule has 0 saturated carbocycles. The summed E-state index contributed by atoms with van der Waals surface area (Å²) in [6.45, 7) is 0. The third-order valence-electron chi connectivity index (χ3n) is 7.36. The third-order valence-corrected chi connectivity index (χ3v) is 7.36. The summed E-state index contributed by atoms with van der Waals surface area (Å²) in [7, 11) is 0. The molecule has 0 unspecified atom stereocenters. The van der Waals surface area contributed by atoms with Crippen molar-refractivity contribution in [2.24, 2.45) is 0 Å². The highest BCUT2D eigenvalue weighted by molar-refractivity contribution is 5.74. The summed E-state index contributed by atoms with van der Waals surface area (Å²) in [4.78, 5) is 14.9. The first-order chi connectivity index (χ1) is 20.8. The Morgan fingerprint density at radius 2 is 0.500 bits per heavy atom. The van der Waals surface area contributed by atoms with E-state index in [1.54, 1.807) is 0 Å². The topological polar surface area (TPSA) is 38.7 Å². The minimum absolute atomic E-state index is 0.645. The standard InChI is InChI=1S/C39H27N3/c1-4-11-28(12-5-1)31-19-23-33(24-20-31)37-40-38(34-25-21-32(22-26-34)29-13-6-2-7-14-29)42-39(41-37)36-18-10-17-35(27-36)30-15-8-3-9-16-30/h1-27H. The van der Waals surface area contributed by atoms with Gasteiger partial charge in [0.1, 0.15) is 0 Å². The van der Waals surface area contributed by atoms with Gasteiger partial charge < -0.3 is 0 Å². The average Bonchev–Trinajstić information content (AvgIpc) is 3.09. The maximum atomic E-state index is 4.98. The molecule has 1 heterocycles. The summed E-state index contributed by atoms with van der Waals surface area (Å²) in [6, 6.07) is 56.4. The van der Waals surface area contributed by atoms with Crippen molar-refractivity contribution >= 4 is 0 Å². The Bertz CT molecular complexity index is 1830. The van der Waals surface area contributed by atoms with Gasteiger partial charge in [0.05, 0.1) is 0 Å². The molecule has 0 spiro atoms. The fourth-order valence-electron chi connectivity index (χ4n) is 5.12. The molecule has 0 aliphatic heterocycles. The molecule has 0 amide bonds. The lowest BCUT2D eigenvalue weighted by atomic mass is 10.0. The van der Waals surface area contributed by atoms with Crippen LogP contribution in [-0.2, 0) is 0 Å². The number of benzene rings is 6. The second-order valence-corrected chi connectivity index (χ2v) is 10.1.